The predicted octanol–water partition coefficient (Wildman–Crippen LogP) is 3.61. The normalized spacial score (nSPS) is 34.9. The molecule has 1 aliphatic carbocycles. The Hall–Kier alpha value is -0.0400. The van der Waals surface area contributed by atoms with Crippen LogP contribution in [0.1, 0.15) is 60.3 Å². The molecule has 2 atom stereocenters. The van der Waals surface area contributed by atoms with Crippen LogP contribution in [-0.2, 0) is 0 Å². The smallest absolute Gasteiger partial charge is 0.0726 e. The Balaban J connectivity index is 2.91. The van der Waals surface area contributed by atoms with Gasteiger partial charge in [0.2, 0.25) is 0 Å². The van der Waals surface area contributed by atoms with Gasteiger partial charge in [0.1, 0.15) is 0 Å². The lowest BCUT2D eigenvalue weighted by atomic mass is 9.59. The van der Waals surface area contributed by atoms with E-state index in [-0.39, 0.29) is 5.41 Å². The molecule has 2 unspecified atom stereocenters. The summed E-state index contributed by atoms with van der Waals surface area (Å²) >= 11 is 0. The van der Waals surface area contributed by atoms with Crippen molar-refractivity contribution >= 4 is 0 Å². The maximum Gasteiger partial charge on any atom is 0.0726 e. The lowest BCUT2D eigenvalue weighted by Gasteiger charge is -2.50. The van der Waals surface area contributed by atoms with Crippen molar-refractivity contribution in [1.29, 1.82) is 0 Å². The van der Waals surface area contributed by atoms with Crippen molar-refractivity contribution in [2.24, 2.45) is 17.3 Å². The highest BCUT2D eigenvalue weighted by atomic mass is 16.3. The summed E-state index contributed by atoms with van der Waals surface area (Å²) in [6, 6.07) is 0. The summed E-state index contributed by atoms with van der Waals surface area (Å²) in [6.45, 7) is 11.0. The van der Waals surface area contributed by atoms with Gasteiger partial charge in [0, 0.05) is 0 Å². The molecule has 0 amide bonds. The molecule has 14 heavy (non-hydrogen) atoms. The minimum atomic E-state index is -0.445. The second-order valence-electron chi connectivity index (χ2n) is 6.27. The van der Waals surface area contributed by atoms with Crippen molar-refractivity contribution in [2.75, 3.05) is 0 Å². The van der Waals surface area contributed by atoms with E-state index in [2.05, 4.69) is 34.6 Å². The van der Waals surface area contributed by atoms with E-state index in [0.29, 0.717) is 11.8 Å². The molecule has 1 N–H and O–H groups in total. The van der Waals surface area contributed by atoms with Crippen LogP contribution in [0.15, 0.2) is 0 Å². The lowest BCUT2D eigenvalue weighted by molar-refractivity contribution is -0.139. The Labute approximate surface area is 88.9 Å². The molecule has 1 nitrogen and oxygen atoms in total. The maximum atomic E-state index is 10.8. The van der Waals surface area contributed by atoms with E-state index in [9.17, 15) is 5.11 Å². The zero-order chi connectivity index (χ0) is 11.0. The van der Waals surface area contributed by atoms with Crippen LogP contribution >= 0.6 is 0 Å². The van der Waals surface area contributed by atoms with E-state index in [1.54, 1.807) is 0 Å². The number of aliphatic hydroxyl groups is 1. The SMILES string of the molecule is CC(C)C1CCCCC1(O)C(C)(C)C. The summed E-state index contributed by atoms with van der Waals surface area (Å²) in [5.74, 6) is 1.08. The van der Waals surface area contributed by atoms with Gasteiger partial charge in [-0.05, 0) is 30.1 Å². The van der Waals surface area contributed by atoms with Gasteiger partial charge in [0.05, 0.1) is 5.60 Å². The van der Waals surface area contributed by atoms with Gasteiger partial charge < -0.3 is 5.11 Å². The minimum absolute atomic E-state index is 0.0162. The average molecular weight is 198 g/mol. The fraction of sp³-hybridized carbons (Fsp3) is 1.00. The Morgan fingerprint density at radius 3 is 2.14 bits per heavy atom. The monoisotopic (exact) mass is 198 g/mol. The highest BCUT2D eigenvalue weighted by Gasteiger charge is 2.48. The third-order valence-electron chi connectivity index (χ3n) is 4.04. The van der Waals surface area contributed by atoms with Crippen molar-refractivity contribution in [2.45, 2.75) is 65.9 Å². The zero-order valence-electron chi connectivity index (χ0n) is 10.4. The van der Waals surface area contributed by atoms with Crippen LogP contribution in [-0.4, -0.2) is 10.7 Å². The third-order valence-corrected chi connectivity index (χ3v) is 4.04. The maximum absolute atomic E-state index is 10.8. The fourth-order valence-electron chi connectivity index (χ4n) is 3.00. The molecular weight excluding hydrogens is 172 g/mol. The van der Waals surface area contributed by atoms with Gasteiger partial charge in [0.25, 0.3) is 0 Å². The van der Waals surface area contributed by atoms with Gasteiger partial charge in [-0.15, -0.1) is 0 Å². The molecule has 0 saturated heterocycles. The quantitative estimate of drug-likeness (QED) is 0.682. The van der Waals surface area contributed by atoms with Gasteiger partial charge in [-0.25, -0.2) is 0 Å². The van der Waals surface area contributed by atoms with Crippen molar-refractivity contribution < 1.29 is 5.11 Å². The third kappa shape index (κ3) is 1.98. The largest absolute Gasteiger partial charge is 0.389 e. The van der Waals surface area contributed by atoms with Crippen LogP contribution in [0.3, 0.4) is 0 Å². The van der Waals surface area contributed by atoms with Crippen LogP contribution < -0.4 is 0 Å². The predicted molar refractivity (Wildman–Crippen MR) is 61.2 cm³/mol. The number of hydrogen-bond acceptors (Lipinski definition) is 1. The van der Waals surface area contributed by atoms with E-state index in [4.69, 9.17) is 0 Å². The van der Waals surface area contributed by atoms with E-state index in [1.807, 2.05) is 0 Å². The van der Waals surface area contributed by atoms with Gasteiger partial charge in [-0.1, -0.05) is 47.5 Å². The highest BCUT2D eigenvalue weighted by molar-refractivity contribution is 4.99. The van der Waals surface area contributed by atoms with Crippen molar-refractivity contribution in [3.63, 3.8) is 0 Å². The minimum Gasteiger partial charge on any atom is -0.389 e. The molecule has 84 valence electrons. The first-order valence-corrected chi connectivity index (χ1v) is 6.01. The highest BCUT2D eigenvalue weighted by Crippen LogP contribution is 2.48. The number of rotatable bonds is 1. The van der Waals surface area contributed by atoms with Gasteiger partial charge in [-0.2, -0.15) is 0 Å². The number of hydrogen-bond donors (Lipinski definition) is 1. The molecule has 1 heteroatoms. The summed E-state index contributed by atoms with van der Waals surface area (Å²) in [5.41, 5.74) is -0.429. The first-order chi connectivity index (χ1) is 6.29. The molecule has 0 heterocycles. The summed E-state index contributed by atoms with van der Waals surface area (Å²) in [4.78, 5) is 0. The molecule has 1 rings (SSSR count). The standard InChI is InChI=1S/C13H26O/c1-10(2)11-8-6-7-9-13(11,14)12(3,4)5/h10-11,14H,6-9H2,1-5H3. The molecule has 1 saturated carbocycles. The van der Waals surface area contributed by atoms with E-state index >= 15 is 0 Å². The van der Waals surface area contributed by atoms with E-state index in [0.717, 1.165) is 6.42 Å². The fourth-order valence-corrected chi connectivity index (χ4v) is 3.00. The molecule has 0 aliphatic heterocycles. The summed E-state index contributed by atoms with van der Waals surface area (Å²) in [6.07, 6.45) is 4.67. The Bertz CT molecular complexity index is 190. The van der Waals surface area contributed by atoms with Crippen LogP contribution in [0.5, 0.6) is 0 Å². The molecular formula is C13H26O. The first-order valence-electron chi connectivity index (χ1n) is 6.01. The Kier molecular flexibility index (Phi) is 3.30. The van der Waals surface area contributed by atoms with Gasteiger partial charge in [0.15, 0.2) is 0 Å². The molecule has 0 bridgehead atoms. The van der Waals surface area contributed by atoms with Crippen LogP contribution in [0.25, 0.3) is 0 Å². The average Bonchev–Trinajstić information content (AvgIpc) is 2.02. The summed E-state index contributed by atoms with van der Waals surface area (Å²) in [7, 11) is 0. The Morgan fingerprint density at radius 2 is 1.79 bits per heavy atom. The summed E-state index contributed by atoms with van der Waals surface area (Å²) in [5, 5.41) is 10.8. The molecule has 1 aliphatic rings. The molecule has 0 radical (unpaired) electrons. The van der Waals surface area contributed by atoms with Crippen LogP contribution in [0.2, 0.25) is 0 Å². The molecule has 0 aromatic heterocycles. The molecule has 1 fully saturated rings. The molecule has 0 aromatic carbocycles. The van der Waals surface area contributed by atoms with E-state index in [1.165, 1.54) is 19.3 Å². The second kappa shape index (κ2) is 3.84. The van der Waals surface area contributed by atoms with Crippen molar-refractivity contribution in [1.82, 2.24) is 0 Å². The first kappa shape index (κ1) is 12.0. The summed E-state index contributed by atoms with van der Waals surface area (Å²) < 4.78 is 0. The van der Waals surface area contributed by atoms with Crippen LogP contribution in [0, 0.1) is 17.3 Å². The zero-order valence-corrected chi connectivity index (χ0v) is 10.4. The van der Waals surface area contributed by atoms with Crippen molar-refractivity contribution in [3.8, 4) is 0 Å². The molecule has 0 aromatic rings. The molecule has 0 spiro atoms. The van der Waals surface area contributed by atoms with Gasteiger partial charge >= 0.3 is 0 Å². The lowest BCUT2D eigenvalue weighted by Crippen LogP contribution is -2.52. The van der Waals surface area contributed by atoms with Crippen molar-refractivity contribution in [3.05, 3.63) is 0 Å². The van der Waals surface area contributed by atoms with E-state index < -0.39 is 5.60 Å². The van der Waals surface area contributed by atoms with Gasteiger partial charge in [-0.3, -0.25) is 0 Å². The topological polar surface area (TPSA) is 20.2 Å². The Morgan fingerprint density at radius 1 is 1.21 bits per heavy atom. The second-order valence-corrected chi connectivity index (χ2v) is 6.27. The van der Waals surface area contributed by atoms with Crippen LogP contribution in [0.4, 0.5) is 0 Å².